The number of ether oxygens (including phenoxy) is 2. The minimum Gasteiger partial charge on any atom is -0.494 e. The Bertz CT molecular complexity index is 1720. The molecule has 0 atom stereocenters. The Morgan fingerprint density at radius 3 is 2.07 bits per heavy atom. The molecule has 210 valence electrons. The number of nitrogens with zero attached hydrogens (tertiary/aromatic N) is 2. The summed E-state index contributed by atoms with van der Waals surface area (Å²) in [6.07, 6.45) is 0.717. The van der Waals surface area contributed by atoms with Crippen LogP contribution in [0, 0.1) is 5.82 Å². The van der Waals surface area contributed by atoms with Crippen molar-refractivity contribution in [2.24, 2.45) is 5.14 Å². The number of aryl methyl sites for hydroxylation is 2. The maximum absolute atomic E-state index is 15.0. The summed E-state index contributed by atoms with van der Waals surface area (Å²) < 4.78 is 51.9. The minimum atomic E-state index is -3.87. The number of hydrogen-bond acceptors (Lipinski definition) is 5. The summed E-state index contributed by atoms with van der Waals surface area (Å²) in [6, 6.07) is 30.9. The van der Waals surface area contributed by atoms with Gasteiger partial charge in [0.2, 0.25) is 10.0 Å². The van der Waals surface area contributed by atoms with E-state index in [1.54, 1.807) is 24.3 Å². The third-order valence-corrected chi connectivity index (χ3v) is 7.69. The molecule has 2 N–H and O–H groups in total. The molecule has 9 heteroatoms. The van der Waals surface area contributed by atoms with Crippen molar-refractivity contribution in [3.63, 3.8) is 0 Å². The van der Waals surface area contributed by atoms with E-state index in [4.69, 9.17) is 19.7 Å². The van der Waals surface area contributed by atoms with Crippen molar-refractivity contribution in [2.45, 2.75) is 31.1 Å². The summed E-state index contributed by atoms with van der Waals surface area (Å²) in [5.74, 6) is -0.375. The number of benzene rings is 4. The van der Waals surface area contributed by atoms with Crippen LogP contribution >= 0.6 is 0 Å². The summed E-state index contributed by atoms with van der Waals surface area (Å²) >= 11 is 0. The summed E-state index contributed by atoms with van der Waals surface area (Å²) in [4.78, 5) is -0.00628. The molecule has 0 spiro atoms. The summed E-state index contributed by atoms with van der Waals surface area (Å²) in [5, 5.41) is 10.3. The molecule has 1 aromatic heterocycles. The first kappa shape index (κ1) is 28.2. The highest BCUT2D eigenvalue weighted by atomic mass is 32.2. The van der Waals surface area contributed by atoms with Crippen LogP contribution in [0.4, 0.5) is 4.39 Å². The molecule has 0 radical (unpaired) electrons. The molecule has 0 bridgehead atoms. The van der Waals surface area contributed by atoms with E-state index in [1.165, 1.54) is 25.3 Å². The van der Waals surface area contributed by atoms with E-state index in [1.807, 2.05) is 53.2 Å². The Balaban J connectivity index is 1.61. The monoisotopic (exact) mass is 571 g/mol. The Morgan fingerprint density at radius 2 is 1.46 bits per heavy atom. The second-order valence-electron chi connectivity index (χ2n) is 9.53. The Hall–Kier alpha value is -4.31. The molecule has 1 heterocycles. The average Bonchev–Trinajstić information content (AvgIpc) is 3.35. The molecule has 5 rings (SSSR count). The van der Waals surface area contributed by atoms with Gasteiger partial charge in [-0.25, -0.2) is 17.9 Å². The zero-order valence-electron chi connectivity index (χ0n) is 22.5. The first-order valence-electron chi connectivity index (χ1n) is 13.1. The average molecular weight is 572 g/mol. The van der Waals surface area contributed by atoms with Crippen LogP contribution in [0.2, 0.25) is 0 Å². The van der Waals surface area contributed by atoms with Gasteiger partial charge in [0, 0.05) is 17.7 Å². The molecule has 0 unspecified atom stereocenters. The van der Waals surface area contributed by atoms with E-state index in [0.717, 1.165) is 16.8 Å². The molecule has 0 saturated heterocycles. The van der Waals surface area contributed by atoms with Gasteiger partial charge >= 0.3 is 0 Å². The molecular weight excluding hydrogens is 541 g/mol. The topological polar surface area (TPSA) is 96.4 Å². The third kappa shape index (κ3) is 6.71. The van der Waals surface area contributed by atoms with Gasteiger partial charge in [0.15, 0.2) is 11.6 Å². The number of hydrogen-bond donors (Lipinski definition) is 1. The van der Waals surface area contributed by atoms with Crippen molar-refractivity contribution in [1.82, 2.24) is 9.78 Å². The second kappa shape index (κ2) is 12.5. The number of aromatic nitrogens is 2. The number of nitrogens with two attached hydrogens (primary N) is 1. The predicted octanol–water partition coefficient (Wildman–Crippen LogP) is 5.97. The van der Waals surface area contributed by atoms with Crippen LogP contribution in [0.25, 0.3) is 22.4 Å². The third-order valence-electron chi connectivity index (χ3n) is 6.76. The van der Waals surface area contributed by atoms with Gasteiger partial charge in [0.05, 0.1) is 30.9 Å². The fourth-order valence-electron chi connectivity index (χ4n) is 4.68. The Morgan fingerprint density at radius 1 is 0.829 bits per heavy atom. The molecule has 5 aromatic rings. The molecule has 0 amide bonds. The molecule has 0 aliphatic carbocycles. The van der Waals surface area contributed by atoms with E-state index in [9.17, 15) is 12.8 Å². The van der Waals surface area contributed by atoms with Gasteiger partial charge in [-0.3, -0.25) is 4.68 Å². The molecule has 0 aliphatic heterocycles. The highest BCUT2D eigenvalue weighted by Crippen LogP contribution is 2.37. The first-order chi connectivity index (χ1) is 19.8. The van der Waals surface area contributed by atoms with Gasteiger partial charge in [-0.15, -0.1) is 0 Å². The van der Waals surface area contributed by atoms with Crippen molar-refractivity contribution in [1.29, 1.82) is 0 Å². The normalized spacial score (nSPS) is 11.5. The van der Waals surface area contributed by atoms with Crippen LogP contribution in [-0.2, 0) is 40.9 Å². The van der Waals surface area contributed by atoms with Crippen LogP contribution in [0.1, 0.15) is 16.8 Å². The number of halogens is 1. The van der Waals surface area contributed by atoms with Crippen molar-refractivity contribution in [3.8, 4) is 28.1 Å². The maximum atomic E-state index is 15.0. The van der Waals surface area contributed by atoms with E-state index >= 15 is 0 Å². The van der Waals surface area contributed by atoms with Crippen LogP contribution < -0.4 is 9.88 Å². The maximum Gasteiger partial charge on any atom is 0.238 e. The lowest BCUT2D eigenvalue weighted by Crippen LogP contribution is -2.11. The van der Waals surface area contributed by atoms with Crippen molar-refractivity contribution >= 4 is 10.0 Å². The van der Waals surface area contributed by atoms with Gasteiger partial charge in [0.25, 0.3) is 0 Å². The lowest BCUT2D eigenvalue weighted by Gasteiger charge is -2.12. The minimum absolute atomic E-state index is 0.00628. The van der Waals surface area contributed by atoms with E-state index in [-0.39, 0.29) is 17.3 Å². The quantitative estimate of drug-likeness (QED) is 0.211. The zero-order chi connectivity index (χ0) is 28.8. The summed E-state index contributed by atoms with van der Waals surface area (Å²) in [6.45, 7) is 1.16. The highest BCUT2D eigenvalue weighted by molar-refractivity contribution is 7.89. The number of sulfonamides is 1. The van der Waals surface area contributed by atoms with E-state index in [2.05, 4.69) is 12.1 Å². The van der Waals surface area contributed by atoms with Gasteiger partial charge in [0.1, 0.15) is 5.69 Å². The second-order valence-corrected chi connectivity index (χ2v) is 11.1. The SMILES string of the molecule is COc1ccc(-c2c(-c3ccc(S(N)(=O)=O)cc3)nn(CCc3ccccc3)c2COCc2ccccc2)cc1F. The van der Waals surface area contributed by atoms with Gasteiger partial charge in [-0.05, 0) is 47.4 Å². The molecule has 7 nitrogen and oxygen atoms in total. The smallest absolute Gasteiger partial charge is 0.238 e. The fourth-order valence-corrected chi connectivity index (χ4v) is 5.19. The highest BCUT2D eigenvalue weighted by Gasteiger charge is 2.23. The first-order valence-corrected chi connectivity index (χ1v) is 14.6. The molecule has 0 fully saturated rings. The van der Waals surface area contributed by atoms with Gasteiger partial charge < -0.3 is 9.47 Å². The van der Waals surface area contributed by atoms with Crippen molar-refractivity contribution in [3.05, 3.63) is 126 Å². The van der Waals surface area contributed by atoms with Crippen LogP contribution in [0.5, 0.6) is 5.75 Å². The lowest BCUT2D eigenvalue weighted by molar-refractivity contribution is 0.101. The fraction of sp³-hybridized carbons (Fsp3) is 0.156. The molecule has 0 saturated carbocycles. The van der Waals surface area contributed by atoms with E-state index in [0.29, 0.717) is 42.0 Å². The Kier molecular flexibility index (Phi) is 8.58. The number of primary sulfonamides is 1. The van der Waals surface area contributed by atoms with Crippen LogP contribution in [0.15, 0.2) is 108 Å². The molecular formula is C32H30FN3O4S. The number of rotatable bonds is 11. The standard InChI is InChI=1S/C32H30FN3O4S/c1-39-30-17-14-26(20-28(30)33)31-29(22-40-21-24-10-6-3-7-11-24)36(19-18-23-8-4-2-5-9-23)35-32(31)25-12-15-27(16-13-25)41(34,37)38/h2-17,20H,18-19,21-22H2,1H3,(H2,34,37,38). The number of methoxy groups -OCH3 is 1. The lowest BCUT2D eigenvalue weighted by atomic mass is 9.98. The van der Waals surface area contributed by atoms with Crippen molar-refractivity contribution in [2.75, 3.05) is 7.11 Å². The molecule has 0 aliphatic rings. The van der Waals surface area contributed by atoms with E-state index < -0.39 is 15.8 Å². The zero-order valence-corrected chi connectivity index (χ0v) is 23.4. The van der Waals surface area contributed by atoms with Crippen LogP contribution in [-0.4, -0.2) is 25.3 Å². The van der Waals surface area contributed by atoms with Gasteiger partial charge in [-0.2, -0.15) is 5.10 Å². The predicted molar refractivity (Wildman–Crippen MR) is 156 cm³/mol. The Labute approximate surface area is 239 Å². The summed E-state index contributed by atoms with van der Waals surface area (Å²) in [7, 11) is -2.45. The largest absolute Gasteiger partial charge is 0.494 e. The van der Waals surface area contributed by atoms with Crippen LogP contribution in [0.3, 0.4) is 0 Å². The molecule has 4 aromatic carbocycles. The van der Waals surface area contributed by atoms with Crippen molar-refractivity contribution < 1.29 is 22.3 Å². The summed E-state index contributed by atoms with van der Waals surface area (Å²) in [5.41, 5.74) is 5.46. The molecule has 41 heavy (non-hydrogen) atoms. The van der Waals surface area contributed by atoms with Gasteiger partial charge in [-0.1, -0.05) is 78.9 Å².